The van der Waals surface area contributed by atoms with Gasteiger partial charge in [0.05, 0.1) is 23.5 Å². The van der Waals surface area contributed by atoms with E-state index in [9.17, 15) is 9.90 Å². The SMILES string of the molecule is C[C@H]1C[C@H]2OC(=O)[C@@]3(C)CCC[C@@](C)([C@@H]23)[C@@]1(O)CCc1ccoc1. The van der Waals surface area contributed by atoms with E-state index in [0.717, 1.165) is 37.7 Å². The van der Waals surface area contributed by atoms with Crippen LogP contribution in [0.2, 0.25) is 0 Å². The Balaban J connectivity index is 1.70. The summed E-state index contributed by atoms with van der Waals surface area (Å²) in [6.07, 6.45) is 8.51. The van der Waals surface area contributed by atoms with Crippen LogP contribution in [-0.2, 0) is 16.0 Å². The van der Waals surface area contributed by atoms with E-state index < -0.39 is 11.0 Å². The fourth-order valence-corrected chi connectivity index (χ4v) is 6.30. The molecule has 24 heavy (non-hydrogen) atoms. The minimum Gasteiger partial charge on any atom is -0.472 e. The van der Waals surface area contributed by atoms with E-state index in [0.29, 0.717) is 6.42 Å². The number of esters is 1. The van der Waals surface area contributed by atoms with Crippen molar-refractivity contribution in [1.82, 2.24) is 0 Å². The molecule has 1 saturated heterocycles. The molecule has 132 valence electrons. The highest BCUT2D eigenvalue weighted by molar-refractivity contribution is 5.80. The lowest BCUT2D eigenvalue weighted by atomic mass is 9.44. The predicted octanol–water partition coefficient (Wildman–Crippen LogP) is 3.72. The minimum absolute atomic E-state index is 0.0306. The van der Waals surface area contributed by atoms with Crippen molar-refractivity contribution >= 4 is 5.97 Å². The maximum atomic E-state index is 12.6. The molecule has 2 saturated carbocycles. The van der Waals surface area contributed by atoms with Crippen LogP contribution in [-0.4, -0.2) is 22.8 Å². The van der Waals surface area contributed by atoms with Gasteiger partial charge < -0.3 is 14.3 Å². The van der Waals surface area contributed by atoms with E-state index in [-0.39, 0.29) is 29.3 Å². The predicted molar refractivity (Wildman–Crippen MR) is 89.2 cm³/mol. The van der Waals surface area contributed by atoms with Crippen LogP contribution in [0, 0.1) is 22.7 Å². The molecule has 1 aliphatic heterocycles. The molecule has 0 unspecified atom stereocenters. The van der Waals surface area contributed by atoms with E-state index in [2.05, 4.69) is 20.8 Å². The molecular weight excluding hydrogens is 304 g/mol. The summed E-state index contributed by atoms with van der Waals surface area (Å²) in [5, 5.41) is 11.9. The molecule has 1 aromatic heterocycles. The van der Waals surface area contributed by atoms with Crippen LogP contribution in [0.25, 0.3) is 0 Å². The van der Waals surface area contributed by atoms with Crippen LogP contribution < -0.4 is 0 Å². The van der Waals surface area contributed by atoms with Gasteiger partial charge in [0, 0.05) is 11.3 Å². The Morgan fingerprint density at radius 3 is 2.83 bits per heavy atom. The maximum Gasteiger partial charge on any atom is 0.312 e. The Bertz CT molecular complexity index is 638. The second-order valence-electron chi connectivity index (χ2n) is 8.80. The van der Waals surface area contributed by atoms with Crippen molar-refractivity contribution < 1.29 is 19.1 Å². The molecule has 0 bridgehead atoms. The summed E-state index contributed by atoms with van der Waals surface area (Å²) in [6.45, 7) is 6.38. The quantitative estimate of drug-likeness (QED) is 0.857. The molecule has 2 aliphatic carbocycles. The van der Waals surface area contributed by atoms with E-state index >= 15 is 0 Å². The summed E-state index contributed by atoms with van der Waals surface area (Å²) in [7, 11) is 0. The Hall–Kier alpha value is -1.29. The van der Waals surface area contributed by atoms with Gasteiger partial charge in [0.1, 0.15) is 6.10 Å². The highest BCUT2D eigenvalue weighted by atomic mass is 16.6. The van der Waals surface area contributed by atoms with Gasteiger partial charge in [-0.2, -0.15) is 0 Å². The second-order valence-corrected chi connectivity index (χ2v) is 8.80. The zero-order valence-electron chi connectivity index (χ0n) is 14.9. The van der Waals surface area contributed by atoms with Crippen molar-refractivity contribution in [2.24, 2.45) is 22.7 Å². The van der Waals surface area contributed by atoms with Gasteiger partial charge in [-0.1, -0.05) is 20.3 Å². The van der Waals surface area contributed by atoms with Crippen molar-refractivity contribution in [2.75, 3.05) is 0 Å². The molecule has 0 amide bonds. The monoisotopic (exact) mass is 332 g/mol. The summed E-state index contributed by atoms with van der Waals surface area (Å²) in [6, 6.07) is 1.97. The van der Waals surface area contributed by atoms with E-state index in [1.807, 2.05) is 6.07 Å². The molecule has 0 spiro atoms. The molecule has 3 fully saturated rings. The standard InChI is InChI=1S/C20H28O4/c1-13-11-15-16-18(2,17(21)24-15)7-4-8-19(16,3)20(13,22)9-5-14-6-10-23-12-14/h6,10,12-13,15-16,22H,4-5,7-9,11H2,1-3H3/t13-,15+,16-,18-,19-,20+/m0/s1. The lowest BCUT2D eigenvalue weighted by Gasteiger charge is -2.61. The van der Waals surface area contributed by atoms with Gasteiger partial charge in [0.15, 0.2) is 0 Å². The number of hydrogen-bond acceptors (Lipinski definition) is 4. The van der Waals surface area contributed by atoms with Crippen molar-refractivity contribution in [3.05, 3.63) is 24.2 Å². The zero-order chi connectivity index (χ0) is 17.2. The summed E-state index contributed by atoms with van der Waals surface area (Å²) in [5.74, 6) is 0.190. The first-order chi connectivity index (χ1) is 11.3. The van der Waals surface area contributed by atoms with E-state index in [1.54, 1.807) is 12.5 Å². The molecule has 0 aromatic carbocycles. The van der Waals surface area contributed by atoms with Crippen LogP contribution >= 0.6 is 0 Å². The number of rotatable bonds is 3. The largest absolute Gasteiger partial charge is 0.472 e. The van der Waals surface area contributed by atoms with Gasteiger partial charge in [-0.05, 0) is 56.6 Å². The molecule has 2 heterocycles. The number of aliphatic hydroxyl groups is 1. The molecular formula is C20H28O4. The van der Waals surface area contributed by atoms with Crippen molar-refractivity contribution in [1.29, 1.82) is 0 Å². The average molecular weight is 332 g/mol. The summed E-state index contributed by atoms with van der Waals surface area (Å²) < 4.78 is 11.0. The van der Waals surface area contributed by atoms with Crippen molar-refractivity contribution in [3.8, 4) is 0 Å². The first kappa shape index (κ1) is 16.2. The fourth-order valence-electron chi connectivity index (χ4n) is 6.30. The summed E-state index contributed by atoms with van der Waals surface area (Å²) in [5.41, 5.74) is -0.362. The number of hydrogen-bond donors (Lipinski definition) is 1. The van der Waals surface area contributed by atoms with Crippen molar-refractivity contribution in [2.45, 2.75) is 71.0 Å². The molecule has 1 aromatic rings. The molecule has 6 atom stereocenters. The second kappa shape index (κ2) is 5.10. The molecule has 1 N–H and O–H groups in total. The molecule has 4 nitrogen and oxygen atoms in total. The van der Waals surface area contributed by atoms with Crippen LogP contribution in [0.4, 0.5) is 0 Å². The molecule has 0 radical (unpaired) electrons. The van der Waals surface area contributed by atoms with Gasteiger partial charge in [-0.25, -0.2) is 0 Å². The molecule has 3 aliphatic rings. The first-order valence-electron chi connectivity index (χ1n) is 9.26. The Labute approximate surface area is 143 Å². The van der Waals surface area contributed by atoms with Gasteiger partial charge in [0.2, 0.25) is 0 Å². The van der Waals surface area contributed by atoms with Crippen LogP contribution in [0.1, 0.15) is 58.4 Å². The zero-order valence-corrected chi connectivity index (χ0v) is 14.9. The highest BCUT2D eigenvalue weighted by Crippen LogP contribution is 2.67. The number of aryl methyl sites for hydroxylation is 1. The number of furan rings is 1. The number of carbonyl (C=O) groups is 1. The lowest BCUT2D eigenvalue weighted by Crippen LogP contribution is -2.65. The average Bonchev–Trinajstić information content (AvgIpc) is 3.12. The smallest absolute Gasteiger partial charge is 0.312 e. The third-order valence-electron chi connectivity index (χ3n) is 7.63. The molecule has 4 rings (SSSR count). The van der Waals surface area contributed by atoms with Crippen LogP contribution in [0.15, 0.2) is 23.0 Å². The fraction of sp³-hybridized carbons (Fsp3) is 0.750. The summed E-state index contributed by atoms with van der Waals surface area (Å²) >= 11 is 0. The van der Waals surface area contributed by atoms with Gasteiger partial charge in [-0.3, -0.25) is 4.79 Å². The third kappa shape index (κ3) is 1.92. The van der Waals surface area contributed by atoms with E-state index in [4.69, 9.17) is 9.15 Å². The van der Waals surface area contributed by atoms with Crippen LogP contribution in [0.5, 0.6) is 0 Å². The Kier molecular flexibility index (Phi) is 3.44. The van der Waals surface area contributed by atoms with Gasteiger partial charge in [0.25, 0.3) is 0 Å². The minimum atomic E-state index is -0.777. The van der Waals surface area contributed by atoms with Gasteiger partial charge in [-0.15, -0.1) is 0 Å². The van der Waals surface area contributed by atoms with E-state index in [1.165, 1.54) is 0 Å². The Morgan fingerprint density at radius 1 is 1.33 bits per heavy atom. The topological polar surface area (TPSA) is 59.7 Å². The normalized spacial score (nSPS) is 47.3. The number of carbonyl (C=O) groups excluding carboxylic acids is 1. The third-order valence-corrected chi connectivity index (χ3v) is 7.63. The Morgan fingerprint density at radius 2 is 2.12 bits per heavy atom. The molecule has 4 heteroatoms. The van der Waals surface area contributed by atoms with Gasteiger partial charge >= 0.3 is 5.97 Å². The maximum absolute atomic E-state index is 12.6. The lowest BCUT2D eigenvalue weighted by molar-refractivity contribution is -0.217. The summed E-state index contributed by atoms with van der Waals surface area (Å²) in [4.78, 5) is 12.6. The number of ether oxygens (including phenoxy) is 1. The highest BCUT2D eigenvalue weighted by Gasteiger charge is 2.70. The van der Waals surface area contributed by atoms with Crippen molar-refractivity contribution in [3.63, 3.8) is 0 Å². The van der Waals surface area contributed by atoms with Crippen LogP contribution in [0.3, 0.4) is 0 Å². The first-order valence-corrected chi connectivity index (χ1v) is 9.26.